The lowest BCUT2D eigenvalue weighted by Crippen LogP contribution is -2.00. The third-order valence-electron chi connectivity index (χ3n) is 3.76. The summed E-state index contributed by atoms with van der Waals surface area (Å²) in [5.74, 6) is -0.933. The Labute approximate surface area is 134 Å². The van der Waals surface area contributed by atoms with Gasteiger partial charge in [0.2, 0.25) is 0 Å². The summed E-state index contributed by atoms with van der Waals surface area (Å²) in [6.45, 7) is 0.111. The van der Waals surface area contributed by atoms with Crippen LogP contribution in [0, 0.1) is 0 Å². The Bertz CT molecular complexity index is 858. The minimum Gasteiger partial charge on any atom is -0.478 e. The molecule has 0 fully saturated rings. The SMILES string of the molecule is O=C(O)c1ccc(Nc2cccc(CCO)c2)c2ccccc12. The summed E-state index contributed by atoms with van der Waals surface area (Å²) >= 11 is 0. The lowest BCUT2D eigenvalue weighted by Gasteiger charge is -2.12. The Morgan fingerprint density at radius 3 is 2.48 bits per heavy atom. The van der Waals surface area contributed by atoms with E-state index in [9.17, 15) is 9.90 Å². The maximum Gasteiger partial charge on any atom is 0.336 e. The minimum absolute atomic E-state index is 0.111. The standard InChI is InChI=1S/C19H17NO3/c21-11-10-13-4-3-5-14(12-13)20-18-9-8-17(19(22)23)15-6-1-2-7-16(15)18/h1-9,12,20-21H,10-11H2,(H,22,23). The molecule has 3 N–H and O–H groups in total. The average molecular weight is 307 g/mol. The van der Waals surface area contributed by atoms with E-state index in [1.54, 1.807) is 12.1 Å². The topological polar surface area (TPSA) is 69.6 Å². The lowest BCUT2D eigenvalue weighted by molar-refractivity contribution is 0.0699. The molecule has 0 spiro atoms. The number of carboxylic acid groups (broad SMARTS) is 1. The highest BCUT2D eigenvalue weighted by Crippen LogP contribution is 2.29. The first-order valence-electron chi connectivity index (χ1n) is 7.41. The number of nitrogens with one attached hydrogen (secondary N) is 1. The van der Waals surface area contributed by atoms with Crippen LogP contribution in [0.3, 0.4) is 0 Å². The second-order valence-electron chi connectivity index (χ2n) is 5.31. The van der Waals surface area contributed by atoms with Gasteiger partial charge >= 0.3 is 5.97 Å². The maximum absolute atomic E-state index is 11.4. The molecule has 0 amide bonds. The summed E-state index contributed by atoms with van der Waals surface area (Å²) in [6, 6.07) is 18.7. The molecule has 0 radical (unpaired) electrons. The van der Waals surface area contributed by atoms with Gasteiger partial charge in [-0.2, -0.15) is 0 Å². The second kappa shape index (κ2) is 6.50. The molecule has 0 heterocycles. The Hall–Kier alpha value is -2.85. The van der Waals surface area contributed by atoms with Crippen molar-refractivity contribution in [2.24, 2.45) is 0 Å². The molecule has 3 aromatic rings. The number of carbonyl (C=O) groups is 1. The van der Waals surface area contributed by atoms with Gasteiger partial charge in [-0.25, -0.2) is 4.79 Å². The Kier molecular flexibility index (Phi) is 4.26. The molecule has 23 heavy (non-hydrogen) atoms. The van der Waals surface area contributed by atoms with E-state index in [1.165, 1.54) is 0 Å². The number of aliphatic hydroxyl groups is 1. The fraction of sp³-hybridized carbons (Fsp3) is 0.105. The van der Waals surface area contributed by atoms with Crippen LogP contribution in [0.25, 0.3) is 10.8 Å². The molecule has 0 saturated carbocycles. The van der Waals surface area contributed by atoms with Crippen molar-refractivity contribution in [3.05, 3.63) is 71.8 Å². The van der Waals surface area contributed by atoms with Crippen molar-refractivity contribution in [3.8, 4) is 0 Å². The van der Waals surface area contributed by atoms with Gasteiger partial charge in [0, 0.05) is 23.4 Å². The van der Waals surface area contributed by atoms with Crippen LogP contribution in [0.5, 0.6) is 0 Å². The van der Waals surface area contributed by atoms with Crippen LogP contribution in [0.15, 0.2) is 60.7 Å². The highest BCUT2D eigenvalue weighted by molar-refractivity contribution is 6.08. The van der Waals surface area contributed by atoms with Gasteiger partial charge < -0.3 is 15.5 Å². The summed E-state index contributed by atoms with van der Waals surface area (Å²) in [5, 5.41) is 23.3. The molecule has 0 aromatic heterocycles. The number of rotatable bonds is 5. The number of anilines is 2. The number of fused-ring (bicyclic) bond motifs is 1. The molecule has 4 nitrogen and oxygen atoms in total. The zero-order chi connectivity index (χ0) is 16.2. The van der Waals surface area contributed by atoms with Crippen molar-refractivity contribution < 1.29 is 15.0 Å². The number of benzene rings is 3. The molecule has 0 bridgehead atoms. The van der Waals surface area contributed by atoms with Crippen LogP contribution in [0.4, 0.5) is 11.4 Å². The Morgan fingerprint density at radius 1 is 0.957 bits per heavy atom. The van der Waals surface area contributed by atoms with Crippen molar-refractivity contribution in [1.29, 1.82) is 0 Å². The predicted molar refractivity (Wildman–Crippen MR) is 91.4 cm³/mol. The van der Waals surface area contributed by atoms with Gasteiger partial charge in [-0.05, 0) is 41.6 Å². The van der Waals surface area contributed by atoms with E-state index in [-0.39, 0.29) is 6.61 Å². The van der Waals surface area contributed by atoms with Gasteiger partial charge in [0.15, 0.2) is 0 Å². The van der Waals surface area contributed by atoms with E-state index in [1.807, 2.05) is 48.5 Å². The average Bonchev–Trinajstić information content (AvgIpc) is 2.55. The number of carboxylic acids is 1. The number of aliphatic hydroxyl groups excluding tert-OH is 1. The molecule has 0 atom stereocenters. The van der Waals surface area contributed by atoms with Crippen molar-refractivity contribution in [1.82, 2.24) is 0 Å². The van der Waals surface area contributed by atoms with E-state index in [0.29, 0.717) is 17.4 Å². The first kappa shape index (κ1) is 15.1. The van der Waals surface area contributed by atoms with Crippen molar-refractivity contribution in [2.45, 2.75) is 6.42 Å². The molecule has 0 aliphatic rings. The predicted octanol–water partition coefficient (Wildman–Crippen LogP) is 3.82. The van der Waals surface area contributed by atoms with Gasteiger partial charge in [-0.15, -0.1) is 0 Å². The van der Waals surface area contributed by atoms with Gasteiger partial charge in [-0.3, -0.25) is 0 Å². The van der Waals surface area contributed by atoms with Gasteiger partial charge in [0.05, 0.1) is 5.56 Å². The minimum atomic E-state index is -0.933. The molecule has 0 saturated heterocycles. The summed E-state index contributed by atoms with van der Waals surface area (Å²) in [7, 11) is 0. The monoisotopic (exact) mass is 307 g/mol. The van der Waals surface area contributed by atoms with E-state index in [4.69, 9.17) is 5.11 Å². The third kappa shape index (κ3) is 3.17. The molecule has 4 heteroatoms. The van der Waals surface area contributed by atoms with E-state index >= 15 is 0 Å². The summed E-state index contributed by atoms with van der Waals surface area (Å²) in [6.07, 6.45) is 0.605. The van der Waals surface area contributed by atoms with Gasteiger partial charge in [0.25, 0.3) is 0 Å². The number of hydrogen-bond acceptors (Lipinski definition) is 3. The summed E-state index contributed by atoms with van der Waals surface area (Å²) < 4.78 is 0. The highest BCUT2D eigenvalue weighted by Gasteiger charge is 2.11. The van der Waals surface area contributed by atoms with Crippen molar-refractivity contribution >= 4 is 28.1 Å². The van der Waals surface area contributed by atoms with Crippen LogP contribution in [-0.4, -0.2) is 22.8 Å². The molecular formula is C19H17NO3. The fourth-order valence-corrected chi connectivity index (χ4v) is 2.68. The van der Waals surface area contributed by atoms with E-state index in [2.05, 4.69) is 5.32 Å². The zero-order valence-corrected chi connectivity index (χ0v) is 12.5. The van der Waals surface area contributed by atoms with Crippen molar-refractivity contribution in [2.75, 3.05) is 11.9 Å². The lowest BCUT2D eigenvalue weighted by atomic mass is 10.0. The summed E-state index contributed by atoms with van der Waals surface area (Å²) in [5.41, 5.74) is 3.10. The van der Waals surface area contributed by atoms with Crippen LogP contribution in [0.1, 0.15) is 15.9 Å². The van der Waals surface area contributed by atoms with Crippen LogP contribution in [-0.2, 0) is 6.42 Å². The fourth-order valence-electron chi connectivity index (χ4n) is 2.68. The molecule has 0 aliphatic carbocycles. The van der Waals surface area contributed by atoms with Crippen LogP contribution < -0.4 is 5.32 Å². The van der Waals surface area contributed by atoms with Gasteiger partial charge in [0.1, 0.15) is 0 Å². The molecule has 0 aliphatic heterocycles. The summed E-state index contributed by atoms with van der Waals surface area (Å²) in [4.78, 5) is 11.4. The second-order valence-corrected chi connectivity index (χ2v) is 5.31. The number of aromatic carboxylic acids is 1. The largest absolute Gasteiger partial charge is 0.478 e. The molecule has 116 valence electrons. The molecule has 3 aromatic carbocycles. The van der Waals surface area contributed by atoms with Gasteiger partial charge in [-0.1, -0.05) is 36.4 Å². The van der Waals surface area contributed by atoms with E-state index in [0.717, 1.165) is 22.3 Å². The number of hydrogen-bond donors (Lipinski definition) is 3. The molecular weight excluding hydrogens is 290 g/mol. The molecule has 0 unspecified atom stereocenters. The Morgan fingerprint density at radius 2 is 1.74 bits per heavy atom. The first-order chi connectivity index (χ1) is 11.2. The molecule has 3 rings (SSSR count). The quantitative estimate of drug-likeness (QED) is 0.670. The first-order valence-corrected chi connectivity index (χ1v) is 7.41. The smallest absolute Gasteiger partial charge is 0.336 e. The third-order valence-corrected chi connectivity index (χ3v) is 3.76. The van der Waals surface area contributed by atoms with Crippen molar-refractivity contribution in [3.63, 3.8) is 0 Å². The highest BCUT2D eigenvalue weighted by atomic mass is 16.4. The van der Waals surface area contributed by atoms with E-state index < -0.39 is 5.97 Å². The van der Waals surface area contributed by atoms with Crippen LogP contribution in [0.2, 0.25) is 0 Å². The van der Waals surface area contributed by atoms with Crippen LogP contribution >= 0.6 is 0 Å². The Balaban J connectivity index is 2.02. The zero-order valence-electron chi connectivity index (χ0n) is 12.5. The maximum atomic E-state index is 11.4. The normalized spacial score (nSPS) is 10.7.